The van der Waals surface area contributed by atoms with Gasteiger partial charge in [0.15, 0.2) is 5.65 Å². The Morgan fingerprint density at radius 2 is 2.00 bits per heavy atom. The van der Waals surface area contributed by atoms with Crippen LogP contribution in [-0.2, 0) is 0 Å². The highest BCUT2D eigenvalue weighted by molar-refractivity contribution is 5.94. The molecule has 2 fully saturated rings. The van der Waals surface area contributed by atoms with E-state index >= 15 is 0 Å². The van der Waals surface area contributed by atoms with Gasteiger partial charge in [0.25, 0.3) is 5.91 Å². The first-order chi connectivity index (χ1) is 11.2. The van der Waals surface area contributed by atoms with E-state index in [9.17, 15) is 9.90 Å². The van der Waals surface area contributed by atoms with E-state index in [2.05, 4.69) is 15.1 Å². The van der Waals surface area contributed by atoms with E-state index in [-0.39, 0.29) is 18.1 Å². The van der Waals surface area contributed by atoms with Crippen molar-refractivity contribution in [3.8, 4) is 0 Å². The SMILES string of the molecule is O=C(c1ccc2nncn2c1)N1CCN([C@@H]2CCC[C@H]2O)CC1. The molecule has 1 aliphatic carbocycles. The number of amides is 1. The van der Waals surface area contributed by atoms with Crippen molar-refractivity contribution >= 4 is 11.6 Å². The number of carbonyl (C=O) groups excluding carboxylic acids is 1. The third-order valence-electron chi connectivity index (χ3n) is 5.05. The second-order valence-corrected chi connectivity index (χ2v) is 6.41. The van der Waals surface area contributed by atoms with E-state index in [4.69, 9.17) is 0 Å². The monoisotopic (exact) mass is 315 g/mol. The van der Waals surface area contributed by atoms with E-state index in [0.717, 1.165) is 38.0 Å². The molecule has 0 spiro atoms. The standard InChI is InChI=1S/C16H21N5O2/c22-14-3-1-2-13(14)19-6-8-20(9-7-19)16(23)12-4-5-15-18-17-11-21(15)10-12/h4-5,10-11,13-14,22H,1-3,6-9H2/t13-,14-/m1/s1. The molecule has 7 nitrogen and oxygen atoms in total. The summed E-state index contributed by atoms with van der Waals surface area (Å²) in [6.45, 7) is 3.09. The molecule has 1 N–H and O–H groups in total. The Morgan fingerprint density at radius 3 is 2.74 bits per heavy atom. The van der Waals surface area contributed by atoms with Gasteiger partial charge in [-0.3, -0.25) is 14.1 Å². The number of hydrogen-bond acceptors (Lipinski definition) is 5. The second kappa shape index (κ2) is 5.90. The van der Waals surface area contributed by atoms with Crippen LogP contribution in [0, 0.1) is 0 Å². The van der Waals surface area contributed by atoms with Gasteiger partial charge in [-0.25, -0.2) is 0 Å². The minimum atomic E-state index is -0.201. The van der Waals surface area contributed by atoms with Gasteiger partial charge in [0.1, 0.15) is 6.33 Å². The fraction of sp³-hybridized carbons (Fsp3) is 0.562. The van der Waals surface area contributed by atoms with Crippen molar-refractivity contribution in [2.75, 3.05) is 26.2 Å². The van der Waals surface area contributed by atoms with Crippen LogP contribution < -0.4 is 0 Å². The molecule has 2 aliphatic rings. The van der Waals surface area contributed by atoms with Crippen molar-refractivity contribution in [3.63, 3.8) is 0 Å². The summed E-state index contributed by atoms with van der Waals surface area (Å²) >= 11 is 0. The fourth-order valence-corrected chi connectivity index (χ4v) is 3.74. The van der Waals surface area contributed by atoms with Gasteiger partial charge in [0.2, 0.25) is 0 Å². The zero-order valence-electron chi connectivity index (χ0n) is 13.0. The number of carbonyl (C=O) groups is 1. The number of aliphatic hydroxyl groups excluding tert-OH is 1. The normalized spacial score (nSPS) is 26.0. The summed E-state index contributed by atoms with van der Waals surface area (Å²) in [5, 5.41) is 17.8. The summed E-state index contributed by atoms with van der Waals surface area (Å²) in [6, 6.07) is 3.89. The maximum absolute atomic E-state index is 12.7. The van der Waals surface area contributed by atoms with E-state index < -0.39 is 0 Å². The highest BCUT2D eigenvalue weighted by Gasteiger charge is 2.33. The van der Waals surface area contributed by atoms with Crippen molar-refractivity contribution in [2.24, 2.45) is 0 Å². The number of fused-ring (bicyclic) bond motifs is 1. The maximum Gasteiger partial charge on any atom is 0.255 e. The van der Waals surface area contributed by atoms with Gasteiger partial charge < -0.3 is 10.0 Å². The number of piperazine rings is 1. The minimum Gasteiger partial charge on any atom is -0.391 e. The molecular weight excluding hydrogens is 294 g/mol. The zero-order chi connectivity index (χ0) is 15.8. The summed E-state index contributed by atoms with van der Waals surface area (Å²) in [5.74, 6) is 0.0484. The third kappa shape index (κ3) is 2.70. The molecule has 3 heterocycles. The van der Waals surface area contributed by atoms with Crippen LogP contribution in [0.15, 0.2) is 24.7 Å². The number of aromatic nitrogens is 3. The minimum absolute atomic E-state index is 0.0484. The van der Waals surface area contributed by atoms with Crippen molar-refractivity contribution in [3.05, 3.63) is 30.2 Å². The van der Waals surface area contributed by atoms with Crippen LogP contribution in [0.4, 0.5) is 0 Å². The zero-order valence-corrected chi connectivity index (χ0v) is 13.0. The van der Waals surface area contributed by atoms with Crippen LogP contribution in [0.3, 0.4) is 0 Å². The smallest absolute Gasteiger partial charge is 0.255 e. The van der Waals surface area contributed by atoms with Crippen LogP contribution in [0.25, 0.3) is 5.65 Å². The number of nitrogens with zero attached hydrogens (tertiary/aromatic N) is 5. The highest BCUT2D eigenvalue weighted by atomic mass is 16.3. The molecule has 4 rings (SSSR count). The predicted octanol–water partition coefficient (Wildman–Crippen LogP) is 0.401. The number of pyridine rings is 1. The molecule has 0 radical (unpaired) electrons. The molecule has 2 atom stereocenters. The molecule has 0 unspecified atom stereocenters. The molecule has 7 heteroatoms. The Balaban J connectivity index is 1.42. The lowest BCUT2D eigenvalue weighted by atomic mass is 10.1. The Kier molecular flexibility index (Phi) is 3.74. The summed E-state index contributed by atoms with van der Waals surface area (Å²) in [6.07, 6.45) is 6.26. The van der Waals surface area contributed by atoms with Gasteiger partial charge in [-0.05, 0) is 31.4 Å². The van der Waals surface area contributed by atoms with Gasteiger partial charge in [-0.1, -0.05) is 0 Å². The Bertz CT molecular complexity index is 707. The molecular formula is C16H21N5O2. The molecule has 1 saturated carbocycles. The Morgan fingerprint density at radius 1 is 1.17 bits per heavy atom. The van der Waals surface area contributed by atoms with E-state index in [1.807, 2.05) is 11.0 Å². The lowest BCUT2D eigenvalue weighted by molar-refractivity contribution is 0.0315. The van der Waals surface area contributed by atoms with Gasteiger partial charge in [-0.15, -0.1) is 10.2 Å². The fourth-order valence-electron chi connectivity index (χ4n) is 3.74. The van der Waals surface area contributed by atoms with Gasteiger partial charge >= 0.3 is 0 Å². The molecule has 1 saturated heterocycles. The number of aliphatic hydroxyl groups is 1. The van der Waals surface area contributed by atoms with Crippen molar-refractivity contribution in [1.82, 2.24) is 24.4 Å². The van der Waals surface area contributed by atoms with Crippen molar-refractivity contribution in [1.29, 1.82) is 0 Å². The Labute approximate surface area is 134 Å². The lowest BCUT2D eigenvalue weighted by Gasteiger charge is -2.39. The highest BCUT2D eigenvalue weighted by Crippen LogP contribution is 2.25. The molecule has 0 bridgehead atoms. The number of hydrogen-bond donors (Lipinski definition) is 1. The van der Waals surface area contributed by atoms with Gasteiger partial charge in [0.05, 0.1) is 11.7 Å². The van der Waals surface area contributed by atoms with Crippen molar-refractivity contribution < 1.29 is 9.90 Å². The molecule has 1 amide bonds. The molecule has 23 heavy (non-hydrogen) atoms. The van der Waals surface area contributed by atoms with E-state index in [1.54, 1.807) is 23.0 Å². The number of rotatable bonds is 2. The predicted molar refractivity (Wildman–Crippen MR) is 84.1 cm³/mol. The quantitative estimate of drug-likeness (QED) is 0.868. The van der Waals surface area contributed by atoms with Gasteiger partial charge in [0, 0.05) is 38.4 Å². The molecule has 0 aromatic carbocycles. The summed E-state index contributed by atoms with van der Waals surface area (Å²) in [4.78, 5) is 16.9. The molecule has 1 aliphatic heterocycles. The van der Waals surface area contributed by atoms with E-state index in [0.29, 0.717) is 18.7 Å². The summed E-state index contributed by atoms with van der Waals surface area (Å²) in [5.41, 5.74) is 1.40. The van der Waals surface area contributed by atoms with Crippen LogP contribution in [0.1, 0.15) is 29.6 Å². The third-order valence-corrected chi connectivity index (χ3v) is 5.05. The average molecular weight is 315 g/mol. The largest absolute Gasteiger partial charge is 0.391 e. The van der Waals surface area contributed by atoms with E-state index in [1.165, 1.54) is 0 Å². The molecule has 122 valence electrons. The molecule has 2 aromatic heterocycles. The van der Waals surface area contributed by atoms with Crippen LogP contribution in [0.2, 0.25) is 0 Å². The Hall–Kier alpha value is -1.99. The topological polar surface area (TPSA) is 74.0 Å². The van der Waals surface area contributed by atoms with Crippen molar-refractivity contribution in [2.45, 2.75) is 31.4 Å². The first kappa shape index (κ1) is 14.6. The lowest BCUT2D eigenvalue weighted by Crippen LogP contribution is -2.53. The summed E-state index contributed by atoms with van der Waals surface area (Å²) in [7, 11) is 0. The first-order valence-corrected chi connectivity index (χ1v) is 8.23. The maximum atomic E-state index is 12.7. The van der Waals surface area contributed by atoms with Crippen LogP contribution >= 0.6 is 0 Å². The summed E-state index contributed by atoms with van der Waals surface area (Å²) < 4.78 is 1.76. The first-order valence-electron chi connectivity index (χ1n) is 8.23. The molecule has 2 aromatic rings. The van der Waals surface area contributed by atoms with Gasteiger partial charge in [-0.2, -0.15) is 0 Å². The average Bonchev–Trinajstić information content (AvgIpc) is 3.22. The second-order valence-electron chi connectivity index (χ2n) is 6.41. The van der Waals surface area contributed by atoms with Crippen LogP contribution in [0.5, 0.6) is 0 Å². The van der Waals surface area contributed by atoms with Crippen LogP contribution in [-0.4, -0.2) is 73.7 Å².